The molecule has 1 rings (SSSR count). The number of para-hydroxylation sites is 1. The van der Waals surface area contributed by atoms with Crippen LogP contribution in [0.15, 0.2) is 18.2 Å². The summed E-state index contributed by atoms with van der Waals surface area (Å²) >= 11 is 0. The van der Waals surface area contributed by atoms with E-state index in [2.05, 4.69) is 24.2 Å². The summed E-state index contributed by atoms with van der Waals surface area (Å²) < 4.78 is 0. The van der Waals surface area contributed by atoms with E-state index in [1.165, 1.54) is 0 Å². The largest absolute Gasteiger partial charge is 0.366 e. The summed E-state index contributed by atoms with van der Waals surface area (Å²) in [5.74, 6) is 5.91. The average Bonchev–Trinajstić information content (AvgIpc) is 2.47. The summed E-state index contributed by atoms with van der Waals surface area (Å²) in [5, 5.41) is 11.3. The Morgan fingerprint density at radius 2 is 2.00 bits per heavy atom. The van der Waals surface area contributed by atoms with Crippen LogP contribution in [0.4, 0.5) is 17.1 Å². The van der Waals surface area contributed by atoms with E-state index in [-0.39, 0.29) is 10.6 Å². The highest BCUT2D eigenvalue weighted by Crippen LogP contribution is 2.35. The van der Waals surface area contributed by atoms with Crippen molar-refractivity contribution in [2.24, 2.45) is 11.8 Å². The molecule has 0 radical (unpaired) electrons. The van der Waals surface area contributed by atoms with Crippen molar-refractivity contribution in [2.75, 3.05) is 23.4 Å². The number of hydrogen-bond acceptors (Lipinski definition) is 5. The average molecular weight is 280 g/mol. The quantitative estimate of drug-likeness (QED) is 0.434. The van der Waals surface area contributed by atoms with Crippen LogP contribution in [0.5, 0.6) is 0 Å². The molecule has 112 valence electrons. The van der Waals surface area contributed by atoms with Crippen molar-refractivity contribution in [1.82, 2.24) is 0 Å². The molecule has 3 N–H and O–H groups in total. The molecular weight excluding hydrogens is 256 g/mol. The van der Waals surface area contributed by atoms with E-state index in [0.29, 0.717) is 17.3 Å². The fraction of sp³-hybridized carbons (Fsp3) is 0.571. The first-order valence-corrected chi connectivity index (χ1v) is 7.07. The number of benzene rings is 1. The van der Waals surface area contributed by atoms with Gasteiger partial charge in [0.05, 0.1) is 4.92 Å². The van der Waals surface area contributed by atoms with Gasteiger partial charge in [0, 0.05) is 13.1 Å². The van der Waals surface area contributed by atoms with Crippen LogP contribution in [0.2, 0.25) is 0 Å². The van der Waals surface area contributed by atoms with E-state index in [1.807, 2.05) is 6.92 Å². The summed E-state index contributed by atoms with van der Waals surface area (Å²) in [5.41, 5.74) is 3.42. The molecule has 0 saturated heterocycles. The summed E-state index contributed by atoms with van der Waals surface area (Å²) in [6.07, 6.45) is 2.13. The molecule has 0 bridgehead atoms. The molecule has 0 aliphatic heterocycles. The smallest absolute Gasteiger partial charge is 0.316 e. The summed E-state index contributed by atoms with van der Waals surface area (Å²) in [4.78, 5) is 13.0. The molecular formula is C14H24N4O2. The Balaban J connectivity index is 3.17. The van der Waals surface area contributed by atoms with Gasteiger partial charge in [-0.2, -0.15) is 0 Å². The Morgan fingerprint density at radius 3 is 2.45 bits per heavy atom. The van der Waals surface area contributed by atoms with Gasteiger partial charge >= 0.3 is 5.69 Å². The zero-order chi connectivity index (χ0) is 15.1. The van der Waals surface area contributed by atoms with Crippen molar-refractivity contribution in [2.45, 2.75) is 33.6 Å². The molecule has 6 nitrogen and oxygen atoms in total. The molecule has 0 amide bonds. The van der Waals surface area contributed by atoms with Gasteiger partial charge in [0.1, 0.15) is 11.4 Å². The molecule has 0 fully saturated rings. The van der Waals surface area contributed by atoms with Gasteiger partial charge < -0.3 is 10.3 Å². The minimum absolute atomic E-state index is 0.0443. The van der Waals surface area contributed by atoms with Crippen molar-refractivity contribution in [3.05, 3.63) is 28.3 Å². The summed E-state index contributed by atoms with van der Waals surface area (Å²) in [6, 6.07) is 5.19. The molecule has 0 saturated carbocycles. The highest BCUT2D eigenvalue weighted by molar-refractivity contribution is 5.76. The van der Waals surface area contributed by atoms with Gasteiger partial charge in [-0.3, -0.25) is 16.0 Å². The van der Waals surface area contributed by atoms with Crippen molar-refractivity contribution >= 4 is 17.1 Å². The maximum atomic E-state index is 11.3. The molecule has 1 aromatic carbocycles. The van der Waals surface area contributed by atoms with Gasteiger partial charge in [-0.1, -0.05) is 32.8 Å². The zero-order valence-corrected chi connectivity index (χ0v) is 12.4. The van der Waals surface area contributed by atoms with Crippen LogP contribution in [0.25, 0.3) is 0 Å². The molecule has 6 heteroatoms. The SMILES string of the molecule is CCC(CC)CN(CC)c1cccc(NN)c1[N+](=O)[O-]. The predicted octanol–water partition coefficient (Wildman–Crippen LogP) is 3.14. The number of nitro groups is 1. The number of anilines is 2. The Labute approximate surface area is 120 Å². The number of nitrogens with zero attached hydrogens (tertiary/aromatic N) is 2. The topological polar surface area (TPSA) is 84.4 Å². The van der Waals surface area contributed by atoms with E-state index in [9.17, 15) is 10.1 Å². The molecule has 1 aromatic rings. The molecule has 0 aliphatic rings. The lowest BCUT2D eigenvalue weighted by Gasteiger charge is -2.27. The third kappa shape index (κ3) is 3.60. The normalized spacial score (nSPS) is 10.7. The van der Waals surface area contributed by atoms with Crippen LogP contribution in [0.3, 0.4) is 0 Å². The van der Waals surface area contributed by atoms with Crippen LogP contribution in [-0.2, 0) is 0 Å². The number of nitrogens with two attached hydrogens (primary N) is 1. The molecule has 0 unspecified atom stereocenters. The van der Waals surface area contributed by atoms with E-state index in [4.69, 9.17) is 5.84 Å². The van der Waals surface area contributed by atoms with Gasteiger partial charge in [0.2, 0.25) is 0 Å². The molecule has 0 atom stereocenters. The molecule has 20 heavy (non-hydrogen) atoms. The van der Waals surface area contributed by atoms with E-state index < -0.39 is 0 Å². The van der Waals surface area contributed by atoms with Gasteiger partial charge in [-0.25, -0.2) is 0 Å². The predicted molar refractivity (Wildman–Crippen MR) is 82.9 cm³/mol. The van der Waals surface area contributed by atoms with Crippen molar-refractivity contribution in [3.8, 4) is 0 Å². The number of hydrazine groups is 1. The Kier molecular flexibility index (Phi) is 6.24. The first-order chi connectivity index (χ1) is 9.58. The van der Waals surface area contributed by atoms with E-state index in [0.717, 1.165) is 25.9 Å². The number of hydrogen-bond donors (Lipinski definition) is 2. The highest BCUT2D eigenvalue weighted by atomic mass is 16.6. The lowest BCUT2D eigenvalue weighted by atomic mass is 10.0. The number of nitrogens with one attached hydrogen (secondary N) is 1. The van der Waals surface area contributed by atoms with Crippen molar-refractivity contribution in [3.63, 3.8) is 0 Å². The van der Waals surface area contributed by atoms with Crippen LogP contribution in [0, 0.1) is 16.0 Å². The lowest BCUT2D eigenvalue weighted by Crippen LogP contribution is -2.29. The Bertz CT molecular complexity index is 447. The number of rotatable bonds is 8. The van der Waals surface area contributed by atoms with Gasteiger partial charge in [0.25, 0.3) is 0 Å². The molecule has 0 spiro atoms. The fourth-order valence-electron chi connectivity index (χ4n) is 2.35. The van der Waals surface area contributed by atoms with Gasteiger partial charge in [-0.05, 0) is 25.0 Å². The van der Waals surface area contributed by atoms with E-state index >= 15 is 0 Å². The monoisotopic (exact) mass is 280 g/mol. The summed E-state index contributed by atoms with van der Waals surface area (Å²) in [7, 11) is 0. The zero-order valence-electron chi connectivity index (χ0n) is 12.4. The summed E-state index contributed by atoms with van der Waals surface area (Å²) in [6.45, 7) is 7.85. The second kappa shape index (κ2) is 7.69. The number of nitro benzene ring substituents is 1. The van der Waals surface area contributed by atoms with Gasteiger partial charge in [0.15, 0.2) is 0 Å². The first kappa shape index (κ1) is 16.2. The fourth-order valence-corrected chi connectivity index (χ4v) is 2.35. The minimum atomic E-state index is -0.375. The van der Waals surface area contributed by atoms with Crippen molar-refractivity contribution in [1.29, 1.82) is 0 Å². The van der Waals surface area contributed by atoms with Gasteiger partial charge in [-0.15, -0.1) is 0 Å². The third-order valence-electron chi connectivity index (χ3n) is 3.71. The molecule has 0 aromatic heterocycles. The second-order valence-corrected chi connectivity index (χ2v) is 4.80. The minimum Gasteiger partial charge on any atom is -0.366 e. The van der Waals surface area contributed by atoms with Crippen LogP contribution in [-0.4, -0.2) is 18.0 Å². The van der Waals surface area contributed by atoms with Crippen LogP contribution < -0.4 is 16.2 Å². The molecule has 0 aliphatic carbocycles. The maximum Gasteiger partial charge on any atom is 0.316 e. The van der Waals surface area contributed by atoms with Crippen molar-refractivity contribution < 1.29 is 4.92 Å². The molecule has 0 heterocycles. The number of nitrogen functional groups attached to an aromatic ring is 1. The van der Waals surface area contributed by atoms with Crippen LogP contribution in [0.1, 0.15) is 33.6 Å². The first-order valence-electron chi connectivity index (χ1n) is 7.07. The van der Waals surface area contributed by atoms with Crippen LogP contribution >= 0.6 is 0 Å². The Hall–Kier alpha value is -1.82. The highest BCUT2D eigenvalue weighted by Gasteiger charge is 2.23. The third-order valence-corrected chi connectivity index (χ3v) is 3.71. The standard InChI is InChI=1S/C14H24N4O2/c1-4-11(5-2)10-17(6-3)13-9-7-8-12(16-15)14(13)18(19)20/h7-9,11,16H,4-6,10,15H2,1-3H3. The second-order valence-electron chi connectivity index (χ2n) is 4.80. The maximum absolute atomic E-state index is 11.3. The van der Waals surface area contributed by atoms with E-state index in [1.54, 1.807) is 18.2 Å². The lowest BCUT2D eigenvalue weighted by molar-refractivity contribution is -0.383. The Morgan fingerprint density at radius 1 is 1.35 bits per heavy atom.